The molecule has 2 aliphatic rings. The van der Waals surface area contributed by atoms with Crippen LogP contribution in [0.25, 0.3) is 10.8 Å². The number of hydrogen-bond donors (Lipinski definition) is 1. The van der Waals surface area contributed by atoms with Crippen LogP contribution in [0.5, 0.6) is 5.75 Å². The minimum Gasteiger partial charge on any atom is -0.496 e. The fraction of sp³-hybridized carbons (Fsp3) is 0.227. The zero-order valence-electron chi connectivity index (χ0n) is 16.1. The molecule has 3 aromatic rings. The predicted molar refractivity (Wildman–Crippen MR) is 118 cm³/mol. The second kappa shape index (κ2) is 6.62. The van der Waals surface area contributed by atoms with E-state index in [-0.39, 0.29) is 5.92 Å². The predicted octanol–water partition coefficient (Wildman–Crippen LogP) is 4.05. The quantitative estimate of drug-likeness (QED) is 0.661. The Bertz CT molecular complexity index is 1280. The van der Waals surface area contributed by atoms with E-state index in [1.54, 1.807) is 43.5 Å². The maximum atomic E-state index is 13.3. The first-order chi connectivity index (χ1) is 14.4. The molecule has 6 nitrogen and oxygen atoms in total. The number of ether oxygens (including phenoxy) is 1. The molecule has 30 heavy (non-hydrogen) atoms. The van der Waals surface area contributed by atoms with Crippen LogP contribution in [0.2, 0.25) is 5.02 Å². The highest BCUT2D eigenvalue weighted by molar-refractivity contribution is 7.95. The first-order valence-electron chi connectivity index (χ1n) is 9.53. The number of sulfonamides is 1. The standard InChI is InChI=1S/C22H19ClN2O4S/c1-29-20-11-10-19(17-4-2-3-5-18(17)20)24-21(26)22-12-14(22)13-25(30(22,27)28)16-8-6-15(23)7-9-16/h2-11,14H,12-13H2,1H3,(H,24,26)/t14-,22-/m1/s1. The number of methoxy groups -OCH3 is 1. The van der Waals surface area contributed by atoms with Crippen LogP contribution >= 0.6 is 11.6 Å². The van der Waals surface area contributed by atoms with Gasteiger partial charge >= 0.3 is 0 Å². The van der Waals surface area contributed by atoms with E-state index in [4.69, 9.17) is 16.3 Å². The molecule has 2 fully saturated rings. The summed E-state index contributed by atoms with van der Waals surface area (Å²) in [5.41, 5.74) is 1.09. The van der Waals surface area contributed by atoms with Gasteiger partial charge in [-0.15, -0.1) is 0 Å². The number of hydrogen-bond acceptors (Lipinski definition) is 4. The summed E-state index contributed by atoms with van der Waals surface area (Å²) in [6, 6.07) is 17.6. The van der Waals surface area contributed by atoms with Gasteiger partial charge in [-0.1, -0.05) is 35.9 Å². The van der Waals surface area contributed by atoms with Crippen LogP contribution in [-0.4, -0.2) is 32.7 Å². The topological polar surface area (TPSA) is 75.7 Å². The largest absolute Gasteiger partial charge is 0.496 e. The van der Waals surface area contributed by atoms with Gasteiger partial charge in [-0.2, -0.15) is 0 Å². The number of anilines is 2. The Labute approximate surface area is 179 Å². The van der Waals surface area contributed by atoms with Crippen LogP contribution in [0, 0.1) is 5.92 Å². The lowest BCUT2D eigenvalue weighted by atomic mass is 10.1. The maximum Gasteiger partial charge on any atom is 0.250 e. The molecular weight excluding hydrogens is 424 g/mol. The maximum absolute atomic E-state index is 13.3. The summed E-state index contributed by atoms with van der Waals surface area (Å²) in [6.07, 6.45) is 0.333. The molecule has 1 aliphatic carbocycles. The van der Waals surface area contributed by atoms with Crippen molar-refractivity contribution in [3.8, 4) is 5.75 Å². The lowest BCUT2D eigenvalue weighted by Gasteiger charge is -2.23. The number of carbonyl (C=O) groups excluding carboxylic acids is 1. The number of nitrogens with zero attached hydrogens (tertiary/aromatic N) is 1. The second-order valence-electron chi connectivity index (χ2n) is 7.62. The average Bonchev–Trinajstić information content (AvgIpc) is 3.44. The number of rotatable bonds is 4. The Balaban J connectivity index is 1.48. The number of halogens is 1. The van der Waals surface area contributed by atoms with Crippen LogP contribution in [0.3, 0.4) is 0 Å². The zero-order valence-corrected chi connectivity index (χ0v) is 17.7. The first kappa shape index (κ1) is 19.2. The molecule has 1 saturated heterocycles. The number of benzene rings is 3. The van der Waals surface area contributed by atoms with Gasteiger partial charge < -0.3 is 10.1 Å². The fourth-order valence-corrected chi connectivity index (χ4v) is 6.85. The molecule has 0 aromatic heterocycles. The Hall–Kier alpha value is -2.77. The molecule has 8 heteroatoms. The summed E-state index contributed by atoms with van der Waals surface area (Å²) < 4.78 is 32.0. The molecule has 1 amide bonds. The molecule has 3 aromatic carbocycles. The third-order valence-corrected chi connectivity index (χ3v) is 8.83. The van der Waals surface area contributed by atoms with Crippen LogP contribution in [0.4, 0.5) is 11.4 Å². The zero-order chi connectivity index (χ0) is 21.1. The molecule has 0 unspecified atom stereocenters. The van der Waals surface area contributed by atoms with Crippen molar-refractivity contribution in [1.29, 1.82) is 0 Å². The third kappa shape index (κ3) is 2.62. The monoisotopic (exact) mass is 442 g/mol. The molecule has 1 aliphatic heterocycles. The fourth-order valence-electron chi connectivity index (χ4n) is 4.36. The molecule has 0 radical (unpaired) electrons. The number of amides is 1. The summed E-state index contributed by atoms with van der Waals surface area (Å²) in [7, 11) is -2.26. The molecule has 5 rings (SSSR count). The van der Waals surface area contributed by atoms with Gasteiger partial charge in [-0.25, -0.2) is 8.42 Å². The van der Waals surface area contributed by atoms with Crippen LogP contribution in [0.15, 0.2) is 60.7 Å². The van der Waals surface area contributed by atoms with Crippen molar-refractivity contribution in [3.63, 3.8) is 0 Å². The smallest absolute Gasteiger partial charge is 0.250 e. The van der Waals surface area contributed by atoms with Gasteiger partial charge in [0, 0.05) is 33.9 Å². The lowest BCUT2D eigenvalue weighted by Crippen LogP contribution is -2.42. The highest BCUT2D eigenvalue weighted by Gasteiger charge is 2.75. The van der Waals surface area contributed by atoms with Gasteiger partial charge in [0.1, 0.15) is 5.75 Å². The van der Waals surface area contributed by atoms with Gasteiger partial charge in [-0.3, -0.25) is 9.10 Å². The van der Waals surface area contributed by atoms with Crippen molar-refractivity contribution in [3.05, 3.63) is 65.7 Å². The van der Waals surface area contributed by atoms with Crippen molar-refractivity contribution in [2.24, 2.45) is 5.92 Å². The molecule has 1 heterocycles. The molecule has 1 saturated carbocycles. The van der Waals surface area contributed by atoms with Gasteiger partial charge in [0.05, 0.1) is 12.8 Å². The normalized spacial score (nSPS) is 23.8. The van der Waals surface area contributed by atoms with E-state index in [0.717, 1.165) is 10.8 Å². The van der Waals surface area contributed by atoms with Crippen molar-refractivity contribution < 1.29 is 17.9 Å². The van der Waals surface area contributed by atoms with E-state index in [9.17, 15) is 13.2 Å². The van der Waals surface area contributed by atoms with E-state index in [1.807, 2.05) is 24.3 Å². The Morgan fingerprint density at radius 1 is 1.10 bits per heavy atom. The first-order valence-corrected chi connectivity index (χ1v) is 11.4. The van der Waals surface area contributed by atoms with Crippen LogP contribution in [0.1, 0.15) is 6.42 Å². The summed E-state index contributed by atoms with van der Waals surface area (Å²) in [6.45, 7) is 0.292. The van der Waals surface area contributed by atoms with E-state index in [2.05, 4.69) is 5.32 Å². The second-order valence-corrected chi connectivity index (χ2v) is 10.2. The van der Waals surface area contributed by atoms with E-state index >= 15 is 0 Å². The molecule has 154 valence electrons. The highest BCUT2D eigenvalue weighted by Crippen LogP contribution is 2.58. The minimum atomic E-state index is -3.85. The third-order valence-electron chi connectivity index (χ3n) is 6.04. The van der Waals surface area contributed by atoms with Gasteiger partial charge in [0.15, 0.2) is 4.75 Å². The molecule has 1 N–H and O–H groups in total. The summed E-state index contributed by atoms with van der Waals surface area (Å²) in [4.78, 5) is 13.3. The van der Waals surface area contributed by atoms with Crippen molar-refractivity contribution >= 4 is 49.7 Å². The van der Waals surface area contributed by atoms with Gasteiger partial charge in [0.2, 0.25) is 15.9 Å². The SMILES string of the molecule is COc1ccc(NC(=O)[C@@]23C[C@@H]2CN(c2ccc(Cl)cc2)S3(=O)=O)c2ccccc12. The average molecular weight is 443 g/mol. The number of nitrogens with one attached hydrogen (secondary N) is 1. The van der Waals surface area contributed by atoms with E-state index < -0.39 is 20.7 Å². The number of fused-ring (bicyclic) bond motifs is 2. The summed E-state index contributed by atoms with van der Waals surface area (Å²) in [5, 5.41) is 5.04. The Morgan fingerprint density at radius 2 is 1.80 bits per heavy atom. The van der Waals surface area contributed by atoms with E-state index in [0.29, 0.717) is 35.1 Å². The van der Waals surface area contributed by atoms with Crippen LogP contribution < -0.4 is 14.4 Å². The molecule has 2 atom stereocenters. The molecule has 0 bridgehead atoms. The Morgan fingerprint density at radius 3 is 2.50 bits per heavy atom. The van der Waals surface area contributed by atoms with Crippen molar-refractivity contribution in [1.82, 2.24) is 0 Å². The minimum absolute atomic E-state index is 0.234. The number of carbonyl (C=O) groups is 1. The summed E-state index contributed by atoms with van der Waals surface area (Å²) >= 11 is 5.92. The van der Waals surface area contributed by atoms with E-state index in [1.165, 1.54) is 4.31 Å². The Kier molecular flexibility index (Phi) is 4.24. The van der Waals surface area contributed by atoms with Gasteiger partial charge in [0.25, 0.3) is 0 Å². The molecule has 0 spiro atoms. The lowest BCUT2D eigenvalue weighted by molar-refractivity contribution is -0.116. The van der Waals surface area contributed by atoms with Crippen molar-refractivity contribution in [2.75, 3.05) is 23.3 Å². The van der Waals surface area contributed by atoms with Gasteiger partial charge in [-0.05, 0) is 42.8 Å². The summed E-state index contributed by atoms with van der Waals surface area (Å²) in [5.74, 6) is -0.0320. The highest BCUT2D eigenvalue weighted by atomic mass is 35.5. The molecular formula is C22H19ClN2O4S. The van der Waals surface area contributed by atoms with Crippen molar-refractivity contribution in [2.45, 2.75) is 11.2 Å². The van der Waals surface area contributed by atoms with Crippen LogP contribution in [-0.2, 0) is 14.8 Å².